The van der Waals surface area contributed by atoms with E-state index in [1.54, 1.807) is 11.4 Å². The van der Waals surface area contributed by atoms with Gasteiger partial charge in [-0.3, -0.25) is 9.59 Å². The number of aromatic nitrogens is 1. The Balaban J connectivity index is 1.92. The molecule has 1 aliphatic heterocycles. The van der Waals surface area contributed by atoms with Crippen LogP contribution in [0.5, 0.6) is 0 Å². The van der Waals surface area contributed by atoms with Gasteiger partial charge in [-0.2, -0.15) is 0 Å². The minimum Gasteiger partial charge on any atom is -0.300 e. The minimum absolute atomic E-state index is 0.0751. The van der Waals surface area contributed by atoms with E-state index in [0.29, 0.717) is 9.44 Å². The molecule has 1 N–H and O–H groups in total. The highest BCUT2D eigenvalue weighted by Crippen LogP contribution is 2.31. The van der Waals surface area contributed by atoms with Crippen molar-refractivity contribution in [1.82, 2.24) is 9.29 Å². The number of thiazole rings is 1. The number of nitrogens with zero attached hydrogens (tertiary/aromatic N) is 2. The maximum Gasteiger partial charge on any atom is 0.269 e. The standard InChI is InChI=1S/C13H11N3O4S2/c1-8(11(17)15-13-14-6-7-21-13)16-12(18)9-4-2-3-5-10(9)22(16,19)20/h2-8H,1H3,(H,14,15,17)/t8-/m0/s1. The third kappa shape index (κ3) is 2.18. The van der Waals surface area contributed by atoms with Crippen molar-refractivity contribution in [2.45, 2.75) is 17.9 Å². The van der Waals surface area contributed by atoms with Crippen LogP contribution < -0.4 is 5.32 Å². The fraction of sp³-hybridized carbons (Fsp3) is 0.154. The van der Waals surface area contributed by atoms with E-state index in [1.165, 1.54) is 42.7 Å². The number of hydrogen-bond acceptors (Lipinski definition) is 6. The number of rotatable bonds is 3. The van der Waals surface area contributed by atoms with Gasteiger partial charge in [-0.1, -0.05) is 12.1 Å². The van der Waals surface area contributed by atoms with E-state index in [-0.39, 0.29) is 10.5 Å². The fourth-order valence-corrected chi connectivity index (χ4v) is 4.44. The maximum absolute atomic E-state index is 12.5. The molecule has 0 spiro atoms. The molecule has 2 aromatic rings. The summed E-state index contributed by atoms with van der Waals surface area (Å²) in [5, 5.41) is 4.51. The normalized spacial score (nSPS) is 17.1. The number of carbonyl (C=O) groups excluding carboxylic acids is 2. The first kappa shape index (κ1) is 14.7. The van der Waals surface area contributed by atoms with E-state index in [0.717, 1.165) is 0 Å². The third-order valence-corrected chi connectivity index (χ3v) is 5.85. The van der Waals surface area contributed by atoms with Gasteiger partial charge in [0.1, 0.15) is 10.9 Å². The molecule has 7 nitrogen and oxygen atoms in total. The molecule has 0 unspecified atom stereocenters. The Morgan fingerprint density at radius 1 is 1.36 bits per heavy atom. The first-order chi connectivity index (χ1) is 10.4. The quantitative estimate of drug-likeness (QED) is 0.911. The van der Waals surface area contributed by atoms with Crippen molar-refractivity contribution in [3.8, 4) is 0 Å². The summed E-state index contributed by atoms with van der Waals surface area (Å²) in [5.74, 6) is -1.31. The van der Waals surface area contributed by atoms with Crippen LogP contribution in [0.1, 0.15) is 17.3 Å². The second kappa shape index (κ2) is 5.18. The Hall–Kier alpha value is -2.26. The predicted molar refractivity (Wildman–Crippen MR) is 80.0 cm³/mol. The van der Waals surface area contributed by atoms with Gasteiger partial charge in [-0.05, 0) is 19.1 Å². The monoisotopic (exact) mass is 337 g/mol. The Kier molecular flexibility index (Phi) is 3.45. The van der Waals surface area contributed by atoms with Crippen molar-refractivity contribution in [3.05, 3.63) is 41.4 Å². The molecule has 0 aliphatic carbocycles. The molecule has 9 heteroatoms. The van der Waals surface area contributed by atoms with Crippen molar-refractivity contribution < 1.29 is 18.0 Å². The molecule has 0 fully saturated rings. The topological polar surface area (TPSA) is 96.4 Å². The summed E-state index contributed by atoms with van der Waals surface area (Å²) in [5.41, 5.74) is 0.0800. The van der Waals surface area contributed by atoms with Gasteiger partial charge in [-0.15, -0.1) is 11.3 Å². The molecule has 1 aromatic heterocycles. The lowest BCUT2D eigenvalue weighted by Gasteiger charge is -2.21. The zero-order chi connectivity index (χ0) is 15.9. The summed E-state index contributed by atoms with van der Waals surface area (Å²) < 4.78 is 25.5. The lowest BCUT2D eigenvalue weighted by Crippen LogP contribution is -2.45. The number of hydrogen-bond donors (Lipinski definition) is 1. The largest absolute Gasteiger partial charge is 0.300 e. The number of anilines is 1. The Labute approximate surface area is 130 Å². The summed E-state index contributed by atoms with van der Waals surface area (Å²) in [6, 6.07) is 4.73. The highest BCUT2D eigenvalue weighted by Gasteiger charge is 2.45. The molecule has 2 heterocycles. The number of fused-ring (bicyclic) bond motifs is 1. The Morgan fingerprint density at radius 3 is 2.73 bits per heavy atom. The van der Waals surface area contributed by atoms with Crippen LogP contribution in [0.25, 0.3) is 0 Å². The van der Waals surface area contributed by atoms with Crippen LogP contribution in [0.2, 0.25) is 0 Å². The molecule has 0 saturated carbocycles. The summed E-state index contributed by atoms with van der Waals surface area (Å²) in [6.07, 6.45) is 1.51. The molecule has 1 aliphatic rings. The summed E-state index contributed by atoms with van der Waals surface area (Å²) in [7, 11) is -4.01. The second-order valence-corrected chi connectivity index (χ2v) is 7.28. The Bertz CT molecular complexity index is 846. The van der Waals surface area contributed by atoms with Crippen molar-refractivity contribution in [2.24, 2.45) is 0 Å². The summed E-state index contributed by atoms with van der Waals surface area (Å²) in [4.78, 5) is 28.3. The van der Waals surface area contributed by atoms with Gasteiger partial charge in [0.15, 0.2) is 5.13 Å². The Morgan fingerprint density at radius 2 is 2.09 bits per heavy atom. The van der Waals surface area contributed by atoms with Gasteiger partial charge in [0.25, 0.3) is 15.9 Å². The molecule has 2 amide bonds. The lowest BCUT2D eigenvalue weighted by atomic mass is 10.2. The van der Waals surface area contributed by atoms with Crippen molar-refractivity contribution in [3.63, 3.8) is 0 Å². The maximum atomic E-state index is 12.5. The average Bonchev–Trinajstić information content (AvgIpc) is 3.05. The molecule has 0 saturated heterocycles. The van der Waals surface area contributed by atoms with Gasteiger partial charge in [0.2, 0.25) is 5.91 Å². The molecular weight excluding hydrogens is 326 g/mol. The molecule has 0 radical (unpaired) electrons. The van der Waals surface area contributed by atoms with E-state index in [9.17, 15) is 18.0 Å². The van der Waals surface area contributed by atoms with Crippen LogP contribution in [-0.2, 0) is 14.8 Å². The lowest BCUT2D eigenvalue weighted by molar-refractivity contribution is -0.118. The fourth-order valence-electron chi connectivity index (χ4n) is 2.19. The smallest absolute Gasteiger partial charge is 0.269 e. The number of benzene rings is 1. The molecule has 22 heavy (non-hydrogen) atoms. The number of amides is 2. The average molecular weight is 337 g/mol. The first-order valence-electron chi connectivity index (χ1n) is 6.31. The molecular formula is C13H11N3O4S2. The number of carbonyl (C=O) groups is 2. The van der Waals surface area contributed by atoms with Gasteiger partial charge >= 0.3 is 0 Å². The molecule has 1 atom stereocenters. The van der Waals surface area contributed by atoms with Gasteiger partial charge < -0.3 is 5.32 Å². The van der Waals surface area contributed by atoms with Crippen LogP contribution in [0.15, 0.2) is 40.7 Å². The SMILES string of the molecule is C[C@@H](C(=O)Nc1nccs1)N1C(=O)c2ccccc2S1(=O)=O. The van der Waals surface area contributed by atoms with Gasteiger partial charge in [-0.25, -0.2) is 17.7 Å². The first-order valence-corrected chi connectivity index (χ1v) is 8.63. The highest BCUT2D eigenvalue weighted by molar-refractivity contribution is 7.90. The van der Waals surface area contributed by atoms with Crippen molar-refractivity contribution in [1.29, 1.82) is 0 Å². The van der Waals surface area contributed by atoms with E-state index in [1.807, 2.05) is 0 Å². The molecule has 3 rings (SSSR count). The van der Waals surface area contributed by atoms with Crippen LogP contribution in [0, 0.1) is 0 Å². The third-order valence-electron chi connectivity index (χ3n) is 3.25. The highest BCUT2D eigenvalue weighted by atomic mass is 32.2. The van der Waals surface area contributed by atoms with Crippen LogP contribution in [0.4, 0.5) is 5.13 Å². The second-order valence-electron chi connectivity index (χ2n) is 4.60. The van der Waals surface area contributed by atoms with Crippen LogP contribution in [0.3, 0.4) is 0 Å². The van der Waals surface area contributed by atoms with Gasteiger partial charge in [0.05, 0.1) is 5.56 Å². The summed E-state index contributed by atoms with van der Waals surface area (Å²) in [6.45, 7) is 1.37. The van der Waals surface area contributed by atoms with Crippen molar-refractivity contribution in [2.75, 3.05) is 5.32 Å². The zero-order valence-corrected chi connectivity index (χ0v) is 13.0. The number of sulfonamides is 1. The van der Waals surface area contributed by atoms with Crippen LogP contribution >= 0.6 is 11.3 Å². The minimum atomic E-state index is -4.01. The summed E-state index contributed by atoms with van der Waals surface area (Å²) >= 11 is 1.20. The molecule has 114 valence electrons. The predicted octanol–water partition coefficient (Wildman–Crippen LogP) is 1.31. The van der Waals surface area contributed by atoms with Gasteiger partial charge in [0, 0.05) is 11.6 Å². The zero-order valence-electron chi connectivity index (χ0n) is 11.4. The van der Waals surface area contributed by atoms with E-state index >= 15 is 0 Å². The van der Waals surface area contributed by atoms with E-state index in [2.05, 4.69) is 10.3 Å². The molecule has 0 bridgehead atoms. The van der Waals surface area contributed by atoms with Crippen LogP contribution in [-0.4, -0.2) is 35.6 Å². The molecule has 1 aromatic carbocycles. The van der Waals surface area contributed by atoms with Crippen molar-refractivity contribution >= 4 is 38.3 Å². The number of nitrogens with one attached hydrogen (secondary N) is 1. The van der Waals surface area contributed by atoms with E-state index in [4.69, 9.17) is 0 Å². The van der Waals surface area contributed by atoms with E-state index < -0.39 is 27.9 Å².